The van der Waals surface area contributed by atoms with E-state index >= 15 is 0 Å². The van der Waals surface area contributed by atoms with E-state index in [0.717, 1.165) is 19.3 Å². The van der Waals surface area contributed by atoms with Crippen molar-refractivity contribution in [2.75, 3.05) is 47.5 Å². The average Bonchev–Trinajstić information content (AvgIpc) is 2.86. The minimum atomic E-state index is -4.33. The van der Waals surface area contributed by atoms with Crippen molar-refractivity contribution in [3.63, 3.8) is 0 Å². The third kappa shape index (κ3) is 28.8. The molecule has 9 heteroatoms. The van der Waals surface area contributed by atoms with Crippen LogP contribution in [0.2, 0.25) is 0 Å². The molecule has 0 aliphatic heterocycles. The number of phosphoric ester groups is 1. The van der Waals surface area contributed by atoms with Crippen LogP contribution in [0.5, 0.6) is 0 Å². The Morgan fingerprint density at radius 2 is 1.15 bits per heavy atom. The van der Waals surface area contributed by atoms with E-state index < -0.39 is 20.5 Å². The molecule has 39 heavy (non-hydrogen) atoms. The Morgan fingerprint density at radius 3 is 1.54 bits per heavy atom. The van der Waals surface area contributed by atoms with Gasteiger partial charge in [0.05, 0.1) is 27.7 Å². The fraction of sp³-hybridized carbons (Fsp3) is 0.967. The summed E-state index contributed by atoms with van der Waals surface area (Å²) in [6.07, 6.45) is 23.9. The van der Waals surface area contributed by atoms with Crippen molar-refractivity contribution < 1.29 is 37.6 Å². The second-order valence-electron chi connectivity index (χ2n) is 12.0. The van der Waals surface area contributed by atoms with Gasteiger partial charge >= 0.3 is 13.8 Å². The Bertz CT molecular complexity index is 613. The third-order valence-electron chi connectivity index (χ3n) is 6.92. The van der Waals surface area contributed by atoms with Crippen LogP contribution >= 0.6 is 7.82 Å². The summed E-state index contributed by atoms with van der Waals surface area (Å²) in [7, 11) is 1.47. The van der Waals surface area contributed by atoms with E-state index in [1.165, 1.54) is 103 Å². The van der Waals surface area contributed by atoms with Gasteiger partial charge in [0.1, 0.15) is 25.9 Å². The van der Waals surface area contributed by atoms with Crippen LogP contribution in [-0.4, -0.2) is 74.1 Å². The first-order valence-corrected chi connectivity index (χ1v) is 17.3. The van der Waals surface area contributed by atoms with Gasteiger partial charge in [0.15, 0.2) is 0 Å². The Morgan fingerprint density at radius 1 is 0.744 bits per heavy atom. The molecule has 0 aromatic heterocycles. The normalized spacial score (nSPS) is 14.3. The highest BCUT2D eigenvalue weighted by Crippen LogP contribution is 2.44. The molecule has 8 nitrogen and oxygen atoms in total. The number of carbonyl (C=O) groups excluding carboxylic acids is 1. The molecule has 234 valence electrons. The van der Waals surface area contributed by atoms with Crippen LogP contribution < -0.4 is 0 Å². The minimum Gasteiger partial charge on any atom is -0.463 e. The lowest BCUT2D eigenvalue weighted by molar-refractivity contribution is -0.870. The molecule has 0 aliphatic carbocycles. The van der Waals surface area contributed by atoms with Gasteiger partial charge in [0, 0.05) is 6.42 Å². The van der Waals surface area contributed by atoms with Gasteiger partial charge in [-0.25, -0.2) is 4.57 Å². The van der Waals surface area contributed by atoms with Crippen LogP contribution in [-0.2, 0) is 23.1 Å². The molecule has 2 N–H and O–H groups in total. The molecule has 0 aromatic rings. The monoisotopic (exact) mass is 580 g/mol. The number of ether oxygens (including phenoxy) is 1. The lowest BCUT2D eigenvalue weighted by atomic mass is 10.0. The molecule has 0 rings (SSSR count). The summed E-state index contributed by atoms with van der Waals surface area (Å²) in [5.41, 5.74) is 0. The molecule has 0 bridgehead atoms. The predicted molar refractivity (Wildman–Crippen MR) is 160 cm³/mol. The number of hydrogen-bond acceptors (Lipinski definition) is 6. The second-order valence-corrected chi connectivity index (χ2v) is 13.4. The number of hydrogen-bond donors (Lipinski definition) is 2. The SMILES string of the molecule is CCCCCCCCCCCCCCCCCCCCCC(=O)OC[C@H](CO)OP(=O)(O)OCC[N+](C)(C)C. The first-order chi connectivity index (χ1) is 18.6. The highest BCUT2D eigenvalue weighted by Gasteiger charge is 2.28. The quantitative estimate of drug-likeness (QED) is 0.0407. The molecule has 0 amide bonds. The molecule has 2 atom stereocenters. The number of esters is 1. The topological polar surface area (TPSA) is 102 Å². The number of carbonyl (C=O) groups is 1. The molecule has 0 fully saturated rings. The smallest absolute Gasteiger partial charge is 0.463 e. The number of aliphatic hydroxyl groups excluding tert-OH is 1. The van der Waals surface area contributed by atoms with Crippen molar-refractivity contribution >= 4 is 13.8 Å². The fourth-order valence-corrected chi connectivity index (χ4v) is 5.25. The zero-order valence-electron chi connectivity index (χ0n) is 25.9. The van der Waals surface area contributed by atoms with Crippen molar-refractivity contribution in [2.24, 2.45) is 0 Å². The van der Waals surface area contributed by atoms with E-state index in [9.17, 15) is 19.4 Å². The molecule has 0 radical (unpaired) electrons. The number of quaternary nitrogens is 1. The third-order valence-corrected chi connectivity index (χ3v) is 7.99. The van der Waals surface area contributed by atoms with Crippen molar-refractivity contribution in [3.05, 3.63) is 0 Å². The molecule has 0 saturated carbocycles. The van der Waals surface area contributed by atoms with Crippen LogP contribution in [0, 0.1) is 0 Å². The predicted octanol–water partition coefficient (Wildman–Crippen LogP) is 7.55. The van der Waals surface area contributed by atoms with E-state index in [1.807, 2.05) is 21.1 Å². The molecule has 0 aromatic carbocycles. The van der Waals surface area contributed by atoms with Crippen LogP contribution in [0.3, 0.4) is 0 Å². The van der Waals surface area contributed by atoms with Gasteiger partial charge in [0.25, 0.3) is 0 Å². The number of rotatable bonds is 29. The fourth-order valence-electron chi connectivity index (χ4n) is 4.37. The van der Waals surface area contributed by atoms with E-state index in [2.05, 4.69) is 6.92 Å². The maximum Gasteiger partial charge on any atom is 0.472 e. The number of aliphatic hydroxyl groups is 1. The molecule has 0 heterocycles. The van der Waals surface area contributed by atoms with E-state index in [0.29, 0.717) is 17.4 Å². The van der Waals surface area contributed by atoms with Crippen LogP contribution in [0.15, 0.2) is 0 Å². The highest BCUT2D eigenvalue weighted by molar-refractivity contribution is 7.47. The maximum absolute atomic E-state index is 12.0. The van der Waals surface area contributed by atoms with Gasteiger partial charge < -0.3 is 19.2 Å². The van der Waals surface area contributed by atoms with E-state index in [1.54, 1.807) is 0 Å². The van der Waals surface area contributed by atoms with E-state index in [-0.39, 0.29) is 19.2 Å². The number of nitrogens with zero attached hydrogens (tertiary/aromatic N) is 1. The van der Waals surface area contributed by atoms with Gasteiger partial charge in [-0.05, 0) is 6.42 Å². The molecule has 0 saturated heterocycles. The lowest BCUT2D eigenvalue weighted by Crippen LogP contribution is -2.37. The Hall–Kier alpha value is -0.500. The molecule has 1 unspecified atom stereocenters. The molecular weight excluding hydrogens is 517 g/mol. The maximum atomic E-state index is 12.0. The van der Waals surface area contributed by atoms with Crippen LogP contribution in [0.25, 0.3) is 0 Å². The van der Waals surface area contributed by atoms with Crippen LogP contribution in [0.1, 0.15) is 135 Å². The summed E-state index contributed by atoms with van der Waals surface area (Å²) >= 11 is 0. The lowest BCUT2D eigenvalue weighted by Gasteiger charge is -2.24. The van der Waals surface area contributed by atoms with Crippen molar-refractivity contribution in [1.29, 1.82) is 0 Å². The van der Waals surface area contributed by atoms with Crippen molar-refractivity contribution in [3.8, 4) is 0 Å². The van der Waals surface area contributed by atoms with Crippen molar-refractivity contribution in [1.82, 2.24) is 0 Å². The zero-order chi connectivity index (χ0) is 29.2. The Balaban J connectivity index is 3.55. The Labute approximate surface area is 240 Å². The van der Waals surface area contributed by atoms with Gasteiger partial charge in [-0.3, -0.25) is 13.8 Å². The number of likely N-dealkylation sites (N-methyl/N-ethyl adjacent to an activating group) is 1. The van der Waals surface area contributed by atoms with Gasteiger partial charge in [-0.1, -0.05) is 122 Å². The summed E-state index contributed by atoms with van der Waals surface area (Å²) < 4.78 is 27.6. The van der Waals surface area contributed by atoms with Crippen molar-refractivity contribution in [2.45, 2.75) is 141 Å². The van der Waals surface area contributed by atoms with E-state index in [4.69, 9.17) is 13.8 Å². The molecule has 0 aliphatic rings. The minimum absolute atomic E-state index is 0.0363. The summed E-state index contributed by atoms with van der Waals surface area (Å²) in [5, 5.41) is 9.39. The first kappa shape index (κ1) is 38.5. The summed E-state index contributed by atoms with van der Waals surface area (Å²) in [6, 6.07) is 0. The second kappa shape index (κ2) is 25.2. The first-order valence-electron chi connectivity index (χ1n) is 15.8. The van der Waals surface area contributed by atoms with Crippen LogP contribution in [0.4, 0.5) is 0 Å². The highest BCUT2D eigenvalue weighted by atomic mass is 31.2. The average molecular weight is 581 g/mol. The summed E-state index contributed by atoms with van der Waals surface area (Å²) in [5.74, 6) is -0.386. The summed E-state index contributed by atoms with van der Waals surface area (Å²) in [6.45, 7) is 2.00. The standard InChI is InChI=1S/C30H62NO7P/c1-5-6-7-8-9-10-11-12-13-14-15-16-17-18-19-20-21-22-23-24-30(33)36-28-29(27-32)38-39(34,35)37-26-25-31(2,3)4/h29,32H,5-28H2,1-4H3/p+1/t29-/m0/s1. The molecular formula is C30H63NO7P+. The number of phosphoric acid groups is 1. The van der Waals surface area contributed by atoms with Gasteiger partial charge in [-0.2, -0.15) is 0 Å². The van der Waals surface area contributed by atoms with Gasteiger partial charge in [-0.15, -0.1) is 0 Å². The number of unbranched alkanes of at least 4 members (excludes halogenated alkanes) is 18. The Kier molecular flexibility index (Phi) is 24.9. The molecule has 0 spiro atoms. The summed E-state index contributed by atoms with van der Waals surface area (Å²) in [4.78, 5) is 21.8. The largest absolute Gasteiger partial charge is 0.472 e. The zero-order valence-corrected chi connectivity index (χ0v) is 26.8. The van der Waals surface area contributed by atoms with Gasteiger partial charge in [0.2, 0.25) is 0 Å².